The summed E-state index contributed by atoms with van der Waals surface area (Å²) in [4.78, 5) is 3.97. The van der Waals surface area contributed by atoms with E-state index in [4.69, 9.17) is 5.73 Å². The third kappa shape index (κ3) is 2.68. The molecule has 0 atom stereocenters. The van der Waals surface area contributed by atoms with Crippen molar-refractivity contribution in [3.05, 3.63) is 24.0 Å². The molecule has 0 bridgehead atoms. The molecule has 0 radical (unpaired) electrons. The Kier molecular flexibility index (Phi) is 2.94. The fraction of sp³-hybridized carbons (Fsp3) is 0.125. The fourth-order valence-corrected chi connectivity index (χ4v) is 2.97. The van der Waals surface area contributed by atoms with E-state index in [2.05, 4.69) is 19.9 Å². The van der Waals surface area contributed by atoms with Crippen LogP contribution in [-0.2, 0) is 10.0 Å². The lowest BCUT2D eigenvalue weighted by Crippen LogP contribution is -2.12. The maximum absolute atomic E-state index is 11.8. The Balaban J connectivity index is 2.29. The molecule has 0 fully saturated rings. The number of aryl methyl sites for hydroxylation is 1. The van der Waals surface area contributed by atoms with E-state index in [0.717, 1.165) is 11.3 Å². The Morgan fingerprint density at radius 3 is 2.76 bits per heavy atom. The van der Waals surface area contributed by atoms with Crippen molar-refractivity contribution in [3.8, 4) is 0 Å². The molecule has 2 aromatic rings. The number of aromatic nitrogens is 3. The molecule has 0 aliphatic heterocycles. The monoisotopic (exact) mass is 271 g/mol. The molecule has 9 heteroatoms. The maximum atomic E-state index is 11.8. The van der Waals surface area contributed by atoms with Crippen LogP contribution in [-0.4, -0.2) is 23.6 Å². The first kappa shape index (κ1) is 11.7. The van der Waals surface area contributed by atoms with Crippen molar-refractivity contribution >= 4 is 32.2 Å². The van der Waals surface area contributed by atoms with Gasteiger partial charge in [0.25, 0.3) is 14.4 Å². The maximum Gasteiger partial charge on any atom is 0.291 e. The van der Waals surface area contributed by atoms with Gasteiger partial charge in [0.05, 0.1) is 5.69 Å². The summed E-state index contributed by atoms with van der Waals surface area (Å²) in [7, 11) is -3.72. The summed E-state index contributed by atoms with van der Waals surface area (Å²) in [6.07, 6.45) is 1.52. The SMILES string of the molecule is Cc1cc(NS(=O)(=O)c2nnc(N)s2)ccn1. The molecule has 3 N–H and O–H groups in total. The molecule has 17 heavy (non-hydrogen) atoms. The highest BCUT2D eigenvalue weighted by Crippen LogP contribution is 2.20. The Morgan fingerprint density at radius 2 is 2.18 bits per heavy atom. The topological polar surface area (TPSA) is 111 Å². The minimum absolute atomic E-state index is 0.108. The molecule has 0 unspecified atom stereocenters. The van der Waals surface area contributed by atoms with Gasteiger partial charge in [0.2, 0.25) is 5.13 Å². The fourth-order valence-electron chi connectivity index (χ4n) is 1.14. The van der Waals surface area contributed by atoms with Gasteiger partial charge < -0.3 is 5.73 Å². The van der Waals surface area contributed by atoms with Gasteiger partial charge in [-0.15, -0.1) is 10.2 Å². The number of nitrogen functional groups attached to an aromatic ring is 1. The summed E-state index contributed by atoms with van der Waals surface area (Å²) in [5.41, 5.74) is 6.47. The quantitative estimate of drug-likeness (QED) is 0.846. The largest absolute Gasteiger partial charge is 0.374 e. The summed E-state index contributed by atoms with van der Waals surface area (Å²) in [6, 6.07) is 3.16. The first-order chi connectivity index (χ1) is 7.97. The van der Waals surface area contributed by atoms with E-state index in [1.54, 1.807) is 19.1 Å². The van der Waals surface area contributed by atoms with Crippen LogP contribution >= 0.6 is 11.3 Å². The standard InChI is InChI=1S/C8H9N5O2S2/c1-5-4-6(2-3-10-5)13-17(14,15)8-12-11-7(9)16-8/h2-4H,1H3,(H2,9,11)(H,10,13). The third-order valence-electron chi connectivity index (χ3n) is 1.80. The molecule has 2 heterocycles. The van der Waals surface area contributed by atoms with Crippen molar-refractivity contribution in [1.82, 2.24) is 15.2 Å². The van der Waals surface area contributed by atoms with Crippen molar-refractivity contribution in [2.45, 2.75) is 11.3 Å². The molecule has 0 aliphatic carbocycles. The highest BCUT2D eigenvalue weighted by atomic mass is 32.2. The highest BCUT2D eigenvalue weighted by molar-refractivity contribution is 7.94. The summed E-state index contributed by atoms with van der Waals surface area (Å²) in [5, 5.41) is 7.05. The minimum Gasteiger partial charge on any atom is -0.374 e. The van der Waals surface area contributed by atoms with Crippen LogP contribution in [0.15, 0.2) is 22.7 Å². The molecule has 0 amide bonds. The predicted octanol–water partition coefficient (Wildman–Crippen LogP) is 0.625. The third-order valence-corrected chi connectivity index (χ3v) is 4.30. The van der Waals surface area contributed by atoms with Gasteiger partial charge in [-0.3, -0.25) is 9.71 Å². The van der Waals surface area contributed by atoms with E-state index in [-0.39, 0.29) is 9.47 Å². The van der Waals surface area contributed by atoms with Crippen LogP contribution in [0.2, 0.25) is 0 Å². The van der Waals surface area contributed by atoms with E-state index < -0.39 is 10.0 Å². The van der Waals surface area contributed by atoms with E-state index in [1.165, 1.54) is 6.20 Å². The summed E-state index contributed by atoms with van der Waals surface area (Å²) < 4.78 is 25.9. The second kappa shape index (κ2) is 4.26. The molecule has 2 rings (SSSR count). The van der Waals surface area contributed by atoms with Gasteiger partial charge >= 0.3 is 0 Å². The Bertz CT molecular complexity index is 637. The zero-order chi connectivity index (χ0) is 12.5. The smallest absolute Gasteiger partial charge is 0.291 e. The lowest BCUT2D eigenvalue weighted by Gasteiger charge is -2.04. The molecule has 0 aliphatic rings. The van der Waals surface area contributed by atoms with E-state index >= 15 is 0 Å². The second-order valence-corrected chi connectivity index (χ2v) is 6.06. The summed E-state index contributed by atoms with van der Waals surface area (Å²) in [6.45, 7) is 1.76. The van der Waals surface area contributed by atoms with Gasteiger partial charge in [0, 0.05) is 11.9 Å². The number of anilines is 2. The molecule has 0 spiro atoms. The number of nitrogens with zero attached hydrogens (tertiary/aromatic N) is 3. The normalized spacial score (nSPS) is 11.4. The Morgan fingerprint density at radius 1 is 1.41 bits per heavy atom. The Labute approximate surface area is 102 Å². The van der Waals surface area contributed by atoms with Crippen LogP contribution in [0.1, 0.15) is 5.69 Å². The first-order valence-electron chi connectivity index (χ1n) is 4.52. The van der Waals surface area contributed by atoms with Crippen LogP contribution in [0, 0.1) is 6.92 Å². The van der Waals surface area contributed by atoms with Gasteiger partial charge in [0.1, 0.15) is 0 Å². The van der Waals surface area contributed by atoms with Crippen LogP contribution < -0.4 is 10.5 Å². The number of pyridine rings is 1. The van der Waals surface area contributed by atoms with E-state index in [1.807, 2.05) is 0 Å². The average molecular weight is 271 g/mol. The lowest BCUT2D eigenvalue weighted by molar-refractivity contribution is 0.599. The van der Waals surface area contributed by atoms with Crippen molar-refractivity contribution in [1.29, 1.82) is 0 Å². The molecular weight excluding hydrogens is 262 g/mol. The number of hydrogen-bond acceptors (Lipinski definition) is 7. The Hall–Kier alpha value is -1.74. The average Bonchev–Trinajstić information content (AvgIpc) is 2.65. The zero-order valence-electron chi connectivity index (χ0n) is 8.78. The number of nitrogens with one attached hydrogen (secondary N) is 1. The van der Waals surface area contributed by atoms with E-state index in [0.29, 0.717) is 11.4 Å². The zero-order valence-corrected chi connectivity index (χ0v) is 10.4. The molecule has 0 saturated carbocycles. The summed E-state index contributed by atoms with van der Waals surface area (Å²) in [5.74, 6) is 0. The van der Waals surface area contributed by atoms with Crippen LogP contribution in [0.5, 0.6) is 0 Å². The van der Waals surface area contributed by atoms with Crippen molar-refractivity contribution < 1.29 is 8.42 Å². The minimum atomic E-state index is -3.72. The number of hydrogen-bond donors (Lipinski definition) is 2. The number of rotatable bonds is 3. The van der Waals surface area contributed by atoms with Gasteiger partial charge in [-0.05, 0) is 19.1 Å². The van der Waals surface area contributed by atoms with E-state index in [9.17, 15) is 8.42 Å². The number of sulfonamides is 1. The van der Waals surface area contributed by atoms with Crippen LogP contribution in [0.4, 0.5) is 10.8 Å². The van der Waals surface area contributed by atoms with Crippen molar-refractivity contribution in [2.75, 3.05) is 10.5 Å². The molecule has 90 valence electrons. The molecule has 7 nitrogen and oxygen atoms in total. The van der Waals surface area contributed by atoms with Crippen LogP contribution in [0.3, 0.4) is 0 Å². The van der Waals surface area contributed by atoms with Gasteiger partial charge in [-0.25, -0.2) is 0 Å². The predicted molar refractivity (Wildman–Crippen MR) is 64.1 cm³/mol. The van der Waals surface area contributed by atoms with Gasteiger partial charge in [-0.1, -0.05) is 11.3 Å². The summed E-state index contributed by atoms with van der Waals surface area (Å²) >= 11 is 0.808. The molecule has 0 aromatic carbocycles. The van der Waals surface area contributed by atoms with Gasteiger partial charge in [-0.2, -0.15) is 8.42 Å². The van der Waals surface area contributed by atoms with Gasteiger partial charge in [0.15, 0.2) is 0 Å². The molecule has 2 aromatic heterocycles. The highest BCUT2D eigenvalue weighted by Gasteiger charge is 2.19. The van der Waals surface area contributed by atoms with Crippen LogP contribution in [0.25, 0.3) is 0 Å². The van der Waals surface area contributed by atoms with Crippen molar-refractivity contribution in [3.63, 3.8) is 0 Å². The molecular formula is C8H9N5O2S2. The first-order valence-corrected chi connectivity index (χ1v) is 6.82. The number of nitrogens with two attached hydrogens (primary N) is 1. The van der Waals surface area contributed by atoms with Crippen molar-refractivity contribution in [2.24, 2.45) is 0 Å². The lowest BCUT2D eigenvalue weighted by atomic mass is 10.3. The molecule has 0 saturated heterocycles. The second-order valence-electron chi connectivity index (χ2n) is 3.20.